The number of para-hydroxylation sites is 1. The maximum Gasteiger partial charge on any atom is 0.242 e. The van der Waals surface area contributed by atoms with Gasteiger partial charge in [0.2, 0.25) is 11.8 Å². The molecule has 0 heterocycles. The van der Waals surface area contributed by atoms with Crippen LogP contribution in [0.15, 0.2) is 72.8 Å². The first-order valence-electron chi connectivity index (χ1n) is 10.6. The summed E-state index contributed by atoms with van der Waals surface area (Å²) in [7, 11) is 1.57. The highest BCUT2D eigenvalue weighted by Crippen LogP contribution is 2.18. The van der Waals surface area contributed by atoms with Crippen LogP contribution in [0, 0.1) is 5.82 Å². The van der Waals surface area contributed by atoms with Crippen LogP contribution in [0.2, 0.25) is 5.02 Å². The van der Waals surface area contributed by atoms with E-state index < -0.39 is 6.04 Å². The monoisotopic (exact) mass is 468 g/mol. The fourth-order valence-corrected chi connectivity index (χ4v) is 3.55. The number of nitrogens with zero attached hydrogens (tertiary/aromatic N) is 1. The van der Waals surface area contributed by atoms with Gasteiger partial charge in [0.25, 0.3) is 0 Å². The predicted molar refractivity (Wildman–Crippen MR) is 126 cm³/mol. The normalized spacial score (nSPS) is 11.5. The predicted octanol–water partition coefficient (Wildman–Crippen LogP) is 4.76. The van der Waals surface area contributed by atoms with Crippen molar-refractivity contribution >= 4 is 23.4 Å². The standard InChI is InChI=1S/C26H26ClFN2O3/c1-18(26(32)29-16-21-5-3-4-6-24(21)33-2)30(17-20-9-13-23(28)14-10-20)25(31)15-19-7-11-22(27)12-8-19/h3-14,18H,15-17H2,1-2H3,(H,29,32)/t18-/m0/s1. The molecule has 0 saturated carbocycles. The van der Waals surface area contributed by atoms with Crippen LogP contribution < -0.4 is 10.1 Å². The van der Waals surface area contributed by atoms with Gasteiger partial charge in [0, 0.05) is 23.7 Å². The Morgan fingerprint density at radius 1 is 1.00 bits per heavy atom. The van der Waals surface area contributed by atoms with E-state index in [9.17, 15) is 14.0 Å². The molecule has 0 fully saturated rings. The van der Waals surface area contributed by atoms with Crippen molar-refractivity contribution in [3.8, 4) is 5.75 Å². The Morgan fingerprint density at radius 2 is 1.64 bits per heavy atom. The number of nitrogens with one attached hydrogen (secondary N) is 1. The Labute approximate surface area is 198 Å². The zero-order chi connectivity index (χ0) is 23.8. The number of carbonyl (C=O) groups excluding carboxylic acids is 2. The maximum absolute atomic E-state index is 13.3. The molecule has 0 aliphatic carbocycles. The van der Waals surface area contributed by atoms with Gasteiger partial charge in [-0.2, -0.15) is 0 Å². The fraction of sp³-hybridized carbons (Fsp3) is 0.231. The molecule has 1 N–H and O–H groups in total. The summed E-state index contributed by atoms with van der Waals surface area (Å²) in [5, 5.41) is 3.47. The molecule has 7 heteroatoms. The summed E-state index contributed by atoms with van der Waals surface area (Å²) in [6, 6.07) is 19.6. The third-order valence-corrected chi connectivity index (χ3v) is 5.60. The lowest BCUT2D eigenvalue weighted by Crippen LogP contribution is -2.48. The summed E-state index contributed by atoms with van der Waals surface area (Å²) in [6.07, 6.45) is 0.114. The lowest BCUT2D eigenvalue weighted by Gasteiger charge is -2.29. The van der Waals surface area contributed by atoms with E-state index in [1.165, 1.54) is 17.0 Å². The molecule has 33 heavy (non-hydrogen) atoms. The molecule has 3 aromatic carbocycles. The highest BCUT2D eigenvalue weighted by Gasteiger charge is 2.26. The highest BCUT2D eigenvalue weighted by molar-refractivity contribution is 6.30. The van der Waals surface area contributed by atoms with Crippen LogP contribution in [0.1, 0.15) is 23.6 Å². The number of carbonyl (C=O) groups is 2. The number of hydrogen-bond acceptors (Lipinski definition) is 3. The molecule has 5 nitrogen and oxygen atoms in total. The number of hydrogen-bond donors (Lipinski definition) is 1. The van der Waals surface area contributed by atoms with E-state index in [4.69, 9.17) is 16.3 Å². The molecule has 0 spiro atoms. The number of rotatable bonds is 9. The van der Waals surface area contributed by atoms with Gasteiger partial charge in [-0.3, -0.25) is 9.59 Å². The molecule has 0 saturated heterocycles. The van der Waals surface area contributed by atoms with Gasteiger partial charge in [0.15, 0.2) is 0 Å². The van der Waals surface area contributed by atoms with Crippen molar-refractivity contribution < 1.29 is 18.7 Å². The number of ether oxygens (including phenoxy) is 1. The van der Waals surface area contributed by atoms with Crippen LogP contribution in [0.25, 0.3) is 0 Å². The van der Waals surface area contributed by atoms with Gasteiger partial charge in [-0.25, -0.2) is 4.39 Å². The molecule has 3 rings (SSSR count). The summed E-state index contributed by atoms with van der Waals surface area (Å²) >= 11 is 5.94. The summed E-state index contributed by atoms with van der Waals surface area (Å²) in [5.41, 5.74) is 2.35. The van der Waals surface area contributed by atoms with Crippen LogP contribution >= 0.6 is 11.6 Å². The van der Waals surface area contributed by atoms with E-state index in [1.807, 2.05) is 24.3 Å². The second-order valence-electron chi connectivity index (χ2n) is 7.66. The van der Waals surface area contributed by atoms with Gasteiger partial charge in [0.1, 0.15) is 17.6 Å². The van der Waals surface area contributed by atoms with Crippen molar-refractivity contribution in [3.63, 3.8) is 0 Å². The zero-order valence-corrected chi connectivity index (χ0v) is 19.3. The van der Waals surface area contributed by atoms with E-state index >= 15 is 0 Å². The summed E-state index contributed by atoms with van der Waals surface area (Å²) in [6.45, 7) is 2.12. The minimum Gasteiger partial charge on any atom is -0.496 e. The van der Waals surface area contributed by atoms with Crippen molar-refractivity contribution in [2.45, 2.75) is 32.5 Å². The molecule has 0 aliphatic rings. The van der Waals surface area contributed by atoms with E-state index in [2.05, 4.69) is 5.32 Å². The van der Waals surface area contributed by atoms with Crippen LogP contribution in [0.3, 0.4) is 0 Å². The van der Waals surface area contributed by atoms with Gasteiger partial charge in [-0.1, -0.05) is 54.1 Å². The van der Waals surface area contributed by atoms with Gasteiger partial charge >= 0.3 is 0 Å². The number of methoxy groups -OCH3 is 1. The molecular weight excluding hydrogens is 443 g/mol. The first kappa shape index (κ1) is 24.3. The molecule has 0 aliphatic heterocycles. The second-order valence-corrected chi connectivity index (χ2v) is 8.09. The van der Waals surface area contributed by atoms with Gasteiger partial charge in [-0.15, -0.1) is 0 Å². The molecule has 1 atom stereocenters. The first-order valence-corrected chi connectivity index (χ1v) is 10.9. The SMILES string of the molecule is COc1ccccc1CNC(=O)[C@H](C)N(Cc1ccc(F)cc1)C(=O)Cc1ccc(Cl)cc1. The second kappa shape index (κ2) is 11.5. The highest BCUT2D eigenvalue weighted by atomic mass is 35.5. The van der Waals surface area contributed by atoms with E-state index in [1.54, 1.807) is 50.4 Å². The van der Waals surface area contributed by atoms with Crippen LogP contribution in [-0.4, -0.2) is 29.9 Å². The van der Waals surface area contributed by atoms with Gasteiger partial charge in [0.05, 0.1) is 13.5 Å². The Kier molecular flexibility index (Phi) is 8.44. The van der Waals surface area contributed by atoms with E-state index in [-0.39, 0.29) is 37.1 Å². The molecule has 3 aromatic rings. The largest absolute Gasteiger partial charge is 0.496 e. The number of benzene rings is 3. The van der Waals surface area contributed by atoms with Crippen LogP contribution in [-0.2, 0) is 29.1 Å². The smallest absolute Gasteiger partial charge is 0.242 e. The molecule has 172 valence electrons. The average molecular weight is 469 g/mol. The number of halogens is 2. The lowest BCUT2D eigenvalue weighted by atomic mass is 10.1. The van der Waals surface area contributed by atoms with E-state index in [0.29, 0.717) is 10.8 Å². The summed E-state index contributed by atoms with van der Waals surface area (Å²) in [4.78, 5) is 27.7. The molecule has 2 amide bonds. The van der Waals surface area contributed by atoms with Crippen molar-refractivity contribution in [2.75, 3.05) is 7.11 Å². The number of amides is 2. The quantitative estimate of drug-likeness (QED) is 0.492. The fourth-order valence-electron chi connectivity index (χ4n) is 3.43. The van der Waals surface area contributed by atoms with Gasteiger partial charge in [-0.05, 0) is 48.4 Å². The minimum absolute atomic E-state index is 0.114. The first-order chi connectivity index (χ1) is 15.9. The summed E-state index contributed by atoms with van der Waals surface area (Å²) in [5.74, 6) is -0.207. The maximum atomic E-state index is 13.3. The Morgan fingerprint density at radius 3 is 2.30 bits per heavy atom. The lowest BCUT2D eigenvalue weighted by molar-refractivity contribution is -0.140. The van der Waals surface area contributed by atoms with Crippen LogP contribution in [0.4, 0.5) is 4.39 Å². The van der Waals surface area contributed by atoms with Crippen molar-refractivity contribution in [1.82, 2.24) is 10.2 Å². The Hall–Kier alpha value is -3.38. The third-order valence-electron chi connectivity index (χ3n) is 5.35. The Balaban J connectivity index is 1.75. The third kappa shape index (κ3) is 6.80. The zero-order valence-electron chi connectivity index (χ0n) is 18.6. The molecule has 0 radical (unpaired) electrons. The average Bonchev–Trinajstić information content (AvgIpc) is 2.83. The van der Waals surface area contributed by atoms with Crippen molar-refractivity contribution in [2.24, 2.45) is 0 Å². The van der Waals surface area contributed by atoms with Crippen LogP contribution in [0.5, 0.6) is 5.75 Å². The Bertz CT molecular complexity index is 1090. The molecular formula is C26H26ClFN2O3. The van der Waals surface area contributed by atoms with Crippen molar-refractivity contribution in [3.05, 3.63) is 100 Å². The molecule has 0 aromatic heterocycles. The topological polar surface area (TPSA) is 58.6 Å². The van der Waals surface area contributed by atoms with Crippen molar-refractivity contribution in [1.29, 1.82) is 0 Å². The van der Waals surface area contributed by atoms with E-state index in [0.717, 1.165) is 16.7 Å². The summed E-state index contributed by atoms with van der Waals surface area (Å²) < 4.78 is 18.7. The minimum atomic E-state index is -0.746. The van der Waals surface area contributed by atoms with Gasteiger partial charge < -0.3 is 15.0 Å². The molecule has 0 unspecified atom stereocenters. The molecule has 0 bridgehead atoms.